The summed E-state index contributed by atoms with van der Waals surface area (Å²) < 4.78 is 20.6. The summed E-state index contributed by atoms with van der Waals surface area (Å²) in [6.07, 6.45) is 0. The zero-order valence-electron chi connectivity index (χ0n) is 18.1. The molecule has 166 valence electrons. The maximum Gasteiger partial charge on any atom is 0.210 e. The van der Waals surface area contributed by atoms with Crippen molar-refractivity contribution in [3.05, 3.63) is 76.3 Å². The van der Waals surface area contributed by atoms with Crippen molar-refractivity contribution in [3.8, 4) is 16.3 Å². The first-order valence-corrected chi connectivity index (χ1v) is 12.0. The van der Waals surface area contributed by atoms with E-state index in [9.17, 15) is 4.39 Å². The zero-order chi connectivity index (χ0) is 22.7. The number of aryl methyl sites for hydroxylation is 1. The number of nitrogens with zero attached hydrogens (tertiary/aromatic N) is 4. The highest BCUT2D eigenvalue weighted by atomic mass is 32.2. The summed E-state index contributed by atoms with van der Waals surface area (Å²) in [4.78, 5) is 4.62. The predicted octanol–water partition coefficient (Wildman–Crippen LogP) is 5.56. The highest BCUT2D eigenvalue weighted by molar-refractivity contribution is 7.98. The van der Waals surface area contributed by atoms with Crippen LogP contribution < -0.4 is 10.6 Å². The molecular formula is C23H24FN5OS2. The summed E-state index contributed by atoms with van der Waals surface area (Å²) >= 11 is 2.98. The van der Waals surface area contributed by atoms with Crippen LogP contribution >= 0.6 is 23.1 Å². The lowest BCUT2D eigenvalue weighted by molar-refractivity contribution is 0.287. The van der Waals surface area contributed by atoms with Crippen molar-refractivity contribution in [2.24, 2.45) is 0 Å². The van der Waals surface area contributed by atoms with Crippen LogP contribution in [0.4, 0.5) is 4.39 Å². The molecule has 6 nitrogen and oxygen atoms in total. The molecule has 0 radical (unpaired) electrons. The van der Waals surface area contributed by atoms with Gasteiger partial charge < -0.3 is 10.6 Å². The molecule has 0 atom stereocenters. The van der Waals surface area contributed by atoms with E-state index in [4.69, 9.17) is 10.6 Å². The van der Waals surface area contributed by atoms with Crippen molar-refractivity contribution in [2.45, 2.75) is 44.2 Å². The summed E-state index contributed by atoms with van der Waals surface area (Å²) in [6.45, 7) is 6.55. The van der Waals surface area contributed by atoms with E-state index < -0.39 is 0 Å². The number of benzene rings is 2. The van der Waals surface area contributed by atoms with E-state index in [0.717, 1.165) is 33.1 Å². The Labute approximate surface area is 194 Å². The summed E-state index contributed by atoms with van der Waals surface area (Å²) in [6, 6.07) is 12.5. The summed E-state index contributed by atoms with van der Waals surface area (Å²) in [5.74, 6) is 8.29. The molecule has 0 aliphatic carbocycles. The molecule has 32 heavy (non-hydrogen) atoms. The van der Waals surface area contributed by atoms with E-state index in [1.165, 1.54) is 39.9 Å². The van der Waals surface area contributed by atoms with Gasteiger partial charge in [-0.1, -0.05) is 37.7 Å². The second-order valence-corrected chi connectivity index (χ2v) is 9.49. The van der Waals surface area contributed by atoms with Gasteiger partial charge in [0.05, 0.1) is 5.69 Å². The number of thiazole rings is 1. The fraction of sp³-hybridized carbons (Fsp3) is 0.261. The van der Waals surface area contributed by atoms with Crippen LogP contribution in [0, 0.1) is 12.7 Å². The molecular weight excluding hydrogens is 445 g/mol. The molecule has 0 saturated heterocycles. The SMILES string of the molecule is Cc1ccc(C(C)C)c(OCc2nnc(SCc3csc(-c4ccc(F)cc4)n3)n2N)c1. The van der Waals surface area contributed by atoms with Crippen molar-refractivity contribution in [1.29, 1.82) is 0 Å². The Bertz CT molecular complexity index is 1200. The van der Waals surface area contributed by atoms with Gasteiger partial charge in [0.2, 0.25) is 5.16 Å². The fourth-order valence-corrected chi connectivity index (χ4v) is 4.83. The molecule has 0 fully saturated rings. The number of aromatic nitrogens is 4. The first-order valence-electron chi connectivity index (χ1n) is 10.2. The van der Waals surface area contributed by atoms with Crippen molar-refractivity contribution < 1.29 is 9.13 Å². The minimum absolute atomic E-state index is 0.235. The summed E-state index contributed by atoms with van der Waals surface area (Å²) in [7, 11) is 0. The van der Waals surface area contributed by atoms with Gasteiger partial charge in [-0.25, -0.2) is 14.1 Å². The standard InChI is InChI=1S/C23H24FN5OS2/c1-14(2)19-9-4-15(3)10-20(19)30-11-21-27-28-23(29(21)25)32-13-18-12-31-22(26-18)16-5-7-17(24)8-6-16/h4-10,12,14H,11,13,25H2,1-3H3. The molecule has 0 unspecified atom stereocenters. The van der Waals surface area contributed by atoms with E-state index in [2.05, 4.69) is 41.2 Å². The second kappa shape index (κ2) is 9.70. The Morgan fingerprint density at radius 2 is 1.94 bits per heavy atom. The Balaban J connectivity index is 1.39. The van der Waals surface area contributed by atoms with Crippen molar-refractivity contribution in [3.63, 3.8) is 0 Å². The van der Waals surface area contributed by atoms with Crippen LogP contribution in [0.1, 0.15) is 42.4 Å². The van der Waals surface area contributed by atoms with E-state index in [0.29, 0.717) is 22.7 Å². The van der Waals surface area contributed by atoms with Crippen LogP contribution in [0.5, 0.6) is 5.75 Å². The lowest BCUT2D eigenvalue weighted by atomic mass is 10.0. The van der Waals surface area contributed by atoms with Gasteiger partial charge >= 0.3 is 0 Å². The number of nitrogen functional groups attached to an aromatic ring is 1. The first kappa shape index (κ1) is 22.3. The van der Waals surface area contributed by atoms with Crippen LogP contribution in [0.2, 0.25) is 0 Å². The van der Waals surface area contributed by atoms with Gasteiger partial charge in [0.1, 0.15) is 23.2 Å². The molecule has 0 aliphatic rings. The minimum atomic E-state index is -0.258. The number of hydrogen-bond acceptors (Lipinski definition) is 7. The highest BCUT2D eigenvalue weighted by Gasteiger charge is 2.14. The third kappa shape index (κ3) is 5.11. The third-order valence-corrected chi connectivity index (χ3v) is 6.79. The van der Waals surface area contributed by atoms with Crippen molar-refractivity contribution >= 4 is 23.1 Å². The fourth-order valence-electron chi connectivity index (χ4n) is 3.13. The highest BCUT2D eigenvalue weighted by Crippen LogP contribution is 2.29. The van der Waals surface area contributed by atoms with Gasteiger partial charge in [-0.2, -0.15) is 0 Å². The van der Waals surface area contributed by atoms with Gasteiger partial charge in [0, 0.05) is 16.7 Å². The molecule has 2 N–H and O–H groups in total. The summed E-state index contributed by atoms with van der Waals surface area (Å²) in [5.41, 5.74) is 4.08. The maximum absolute atomic E-state index is 13.1. The number of ether oxygens (including phenoxy) is 1. The molecule has 0 spiro atoms. The van der Waals surface area contributed by atoms with E-state index >= 15 is 0 Å². The third-order valence-electron chi connectivity index (χ3n) is 4.88. The Kier molecular flexibility index (Phi) is 6.76. The van der Waals surface area contributed by atoms with Gasteiger partial charge in [0.15, 0.2) is 5.82 Å². The average molecular weight is 470 g/mol. The lowest BCUT2D eigenvalue weighted by Crippen LogP contribution is -2.16. The molecule has 9 heteroatoms. The van der Waals surface area contributed by atoms with Crippen molar-refractivity contribution in [2.75, 3.05) is 5.84 Å². The number of rotatable bonds is 8. The van der Waals surface area contributed by atoms with Gasteiger partial charge in [-0.3, -0.25) is 0 Å². The van der Waals surface area contributed by atoms with Crippen LogP contribution in [-0.4, -0.2) is 19.9 Å². The quantitative estimate of drug-likeness (QED) is 0.269. The topological polar surface area (TPSA) is 78.9 Å². The molecule has 4 aromatic rings. The van der Waals surface area contributed by atoms with E-state index in [1.807, 2.05) is 18.4 Å². The van der Waals surface area contributed by atoms with Gasteiger partial charge in [0.25, 0.3) is 0 Å². The molecule has 2 aromatic heterocycles. The van der Waals surface area contributed by atoms with E-state index in [-0.39, 0.29) is 12.4 Å². The number of hydrogen-bond donors (Lipinski definition) is 1. The van der Waals surface area contributed by atoms with Crippen molar-refractivity contribution in [1.82, 2.24) is 19.9 Å². The van der Waals surface area contributed by atoms with Crippen LogP contribution in [0.25, 0.3) is 10.6 Å². The van der Waals surface area contributed by atoms with Gasteiger partial charge in [-0.15, -0.1) is 21.5 Å². The number of nitrogens with two attached hydrogens (primary N) is 1. The Hall–Kier alpha value is -2.91. The maximum atomic E-state index is 13.1. The van der Waals surface area contributed by atoms with Crippen LogP contribution in [0.15, 0.2) is 53.0 Å². The predicted molar refractivity (Wildman–Crippen MR) is 127 cm³/mol. The molecule has 0 bridgehead atoms. The molecule has 4 rings (SSSR count). The average Bonchev–Trinajstić information content (AvgIpc) is 3.38. The normalized spacial score (nSPS) is 11.3. The lowest BCUT2D eigenvalue weighted by Gasteiger charge is -2.14. The molecule has 0 saturated carbocycles. The Morgan fingerprint density at radius 1 is 1.16 bits per heavy atom. The van der Waals surface area contributed by atoms with Crippen LogP contribution in [0.3, 0.4) is 0 Å². The molecule has 0 aliphatic heterocycles. The second-order valence-electron chi connectivity index (χ2n) is 7.69. The zero-order valence-corrected chi connectivity index (χ0v) is 19.7. The van der Waals surface area contributed by atoms with Gasteiger partial charge in [-0.05, 0) is 54.3 Å². The first-order chi connectivity index (χ1) is 15.4. The smallest absolute Gasteiger partial charge is 0.210 e. The number of halogens is 1. The monoisotopic (exact) mass is 469 g/mol. The minimum Gasteiger partial charge on any atom is -0.485 e. The van der Waals surface area contributed by atoms with E-state index in [1.54, 1.807) is 12.1 Å². The molecule has 2 heterocycles. The summed E-state index contributed by atoms with van der Waals surface area (Å²) in [5, 5.41) is 11.8. The Morgan fingerprint density at radius 3 is 2.69 bits per heavy atom. The molecule has 0 amide bonds. The van der Waals surface area contributed by atoms with Crippen LogP contribution in [-0.2, 0) is 12.4 Å². The number of thioether (sulfide) groups is 1. The largest absolute Gasteiger partial charge is 0.485 e. The molecule has 2 aromatic carbocycles.